The summed E-state index contributed by atoms with van der Waals surface area (Å²) in [6.45, 7) is 3.62. The van der Waals surface area contributed by atoms with Gasteiger partial charge in [-0.25, -0.2) is 4.79 Å². The van der Waals surface area contributed by atoms with Crippen molar-refractivity contribution in [1.29, 1.82) is 0 Å². The lowest BCUT2D eigenvalue weighted by Gasteiger charge is -2.19. The number of aromatic nitrogens is 2. The predicted molar refractivity (Wildman–Crippen MR) is 82.4 cm³/mol. The molecule has 1 aliphatic heterocycles. The first kappa shape index (κ1) is 13.3. The van der Waals surface area contributed by atoms with Crippen LogP contribution in [0.15, 0.2) is 27.5 Å². The van der Waals surface area contributed by atoms with Crippen LogP contribution in [0.2, 0.25) is 0 Å². The molecule has 0 spiro atoms. The van der Waals surface area contributed by atoms with Gasteiger partial charge in [0.1, 0.15) is 5.82 Å². The molecule has 0 saturated heterocycles. The zero-order chi connectivity index (χ0) is 14.1. The molecule has 6 heteroatoms. The maximum absolute atomic E-state index is 11.6. The Hall–Kier alpha value is -1.66. The van der Waals surface area contributed by atoms with Gasteiger partial charge in [0.15, 0.2) is 0 Å². The van der Waals surface area contributed by atoms with E-state index in [0.29, 0.717) is 5.82 Å². The lowest BCUT2D eigenvalue weighted by molar-refractivity contribution is 0.624. The highest BCUT2D eigenvalue weighted by molar-refractivity contribution is 9.10. The van der Waals surface area contributed by atoms with Crippen LogP contribution in [0.25, 0.3) is 0 Å². The van der Waals surface area contributed by atoms with Crippen LogP contribution in [0.4, 0.5) is 11.5 Å². The normalized spacial score (nSPS) is 13.9. The minimum absolute atomic E-state index is 0.304. The van der Waals surface area contributed by atoms with Crippen LogP contribution in [0, 0.1) is 6.92 Å². The van der Waals surface area contributed by atoms with Crippen LogP contribution in [0.1, 0.15) is 16.8 Å². The molecule has 0 saturated carbocycles. The number of hydrogen-bond acceptors (Lipinski definition) is 4. The third kappa shape index (κ3) is 2.62. The number of aromatic amines is 1. The fourth-order valence-electron chi connectivity index (χ4n) is 2.34. The van der Waals surface area contributed by atoms with Crippen molar-refractivity contribution in [1.82, 2.24) is 15.3 Å². The molecule has 0 fully saturated rings. The van der Waals surface area contributed by atoms with Crippen molar-refractivity contribution >= 4 is 27.4 Å². The maximum Gasteiger partial charge on any atom is 0.347 e. The summed E-state index contributed by atoms with van der Waals surface area (Å²) in [6.07, 6.45) is 0.821. The highest BCUT2D eigenvalue weighted by Crippen LogP contribution is 2.25. The van der Waals surface area contributed by atoms with Crippen molar-refractivity contribution in [2.75, 3.05) is 11.9 Å². The number of rotatable bonds is 2. The van der Waals surface area contributed by atoms with Crippen molar-refractivity contribution < 1.29 is 0 Å². The molecule has 20 heavy (non-hydrogen) atoms. The van der Waals surface area contributed by atoms with Gasteiger partial charge in [0.05, 0.1) is 0 Å². The molecular weight excluding hydrogens is 320 g/mol. The molecule has 0 unspecified atom stereocenters. The molecule has 1 aromatic carbocycles. The summed E-state index contributed by atoms with van der Waals surface area (Å²) in [5, 5.41) is 6.55. The molecule has 3 N–H and O–H groups in total. The second kappa shape index (κ2) is 5.38. The molecular formula is C14H15BrN4O. The van der Waals surface area contributed by atoms with Crippen molar-refractivity contribution in [2.45, 2.75) is 19.9 Å². The second-order valence-corrected chi connectivity index (χ2v) is 5.72. The molecule has 1 aromatic heterocycles. The molecule has 0 bridgehead atoms. The summed E-state index contributed by atoms with van der Waals surface area (Å²) in [5.74, 6) is 0.637. The Morgan fingerprint density at radius 3 is 3.05 bits per heavy atom. The number of fused-ring (bicyclic) bond motifs is 1. The van der Waals surface area contributed by atoms with E-state index in [2.05, 4.69) is 36.5 Å². The molecule has 0 amide bonds. The predicted octanol–water partition coefficient (Wildman–Crippen LogP) is 2.23. The minimum atomic E-state index is -0.304. The summed E-state index contributed by atoms with van der Waals surface area (Å²) in [5.41, 5.74) is 3.77. The Balaban J connectivity index is 1.99. The molecule has 0 radical (unpaired) electrons. The van der Waals surface area contributed by atoms with Crippen LogP contribution in [-0.2, 0) is 13.0 Å². The number of H-pyrrole nitrogens is 1. The first-order valence-electron chi connectivity index (χ1n) is 6.49. The first-order chi connectivity index (χ1) is 9.63. The fraction of sp³-hybridized carbons (Fsp3) is 0.286. The molecule has 2 aromatic rings. The van der Waals surface area contributed by atoms with Crippen LogP contribution in [0.5, 0.6) is 0 Å². The SMILES string of the molecule is Cc1cc(Nc2nc(=O)[nH]c3c2CNCC3)ccc1Br. The molecule has 3 rings (SSSR count). The van der Waals surface area contributed by atoms with Crippen molar-refractivity contribution in [3.05, 3.63) is 50.0 Å². The Bertz CT molecular complexity index is 711. The molecule has 0 atom stereocenters. The topological polar surface area (TPSA) is 69.8 Å². The summed E-state index contributed by atoms with van der Waals surface area (Å²) in [6, 6.07) is 5.97. The van der Waals surface area contributed by atoms with Gasteiger partial charge in [-0.3, -0.25) is 0 Å². The van der Waals surface area contributed by atoms with Crippen LogP contribution in [-0.4, -0.2) is 16.5 Å². The first-order valence-corrected chi connectivity index (χ1v) is 7.29. The molecule has 1 aliphatic rings. The monoisotopic (exact) mass is 334 g/mol. The lowest BCUT2D eigenvalue weighted by Crippen LogP contribution is -2.29. The van der Waals surface area contributed by atoms with Gasteiger partial charge in [0.25, 0.3) is 0 Å². The lowest BCUT2D eigenvalue weighted by atomic mass is 10.1. The van der Waals surface area contributed by atoms with Gasteiger partial charge >= 0.3 is 5.69 Å². The van der Waals surface area contributed by atoms with E-state index >= 15 is 0 Å². The second-order valence-electron chi connectivity index (χ2n) is 4.86. The molecule has 0 aliphatic carbocycles. The van der Waals surface area contributed by atoms with Gasteiger partial charge < -0.3 is 15.6 Å². The number of anilines is 2. The van der Waals surface area contributed by atoms with E-state index in [1.165, 1.54) is 0 Å². The summed E-state index contributed by atoms with van der Waals surface area (Å²) < 4.78 is 1.06. The van der Waals surface area contributed by atoms with Gasteiger partial charge in [0.2, 0.25) is 0 Å². The summed E-state index contributed by atoms with van der Waals surface area (Å²) in [4.78, 5) is 18.5. The van der Waals surface area contributed by atoms with Crippen molar-refractivity contribution in [2.24, 2.45) is 0 Å². The van der Waals surface area contributed by atoms with Crippen LogP contribution >= 0.6 is 15.9 Å². The van der Waals surface area contributed by atoms with Gasteiger partial charge in [-0.1, -0.05) is 15.9 Å². The minimum Gasteiger partial charge on any atom is -0.340 e. The van der Waals surface area contributed by atoms with Crippen LogP contribution in [0.3, 0.4) is 0 Å². The van der Waals surface area contributed by atoms with Crippen molar-refractivity contribution in [3.8, 4) is 0 Å². The quantitative estimate of drug-likeness (QED) is 0.787. The molecule has 5 nitrogen and oxygen atoms in total. The van der Waals surface area contributed by atoms with E-state index in [1.54, 1.807) is 0 Å². The average Bonchev–Trinajstić information content (AvgIpc) is 2.43. The smallest absolute Gasteiger partial charge is 0.340 e. The van der Waals surface area contributed by atoms with Crippen LogP contribution < -0.4 is 16.3 Å². The Labute approximate surface area is 125 Å². The van der Waals surface area contributed by atoms with E-state index in [1.807, 2.05) is 25.1 Å². The van der Waals surface area contributed by atoms with E-state index in [4.69, 9.17) is 0 Å². The molecule has 2 heterocycles. The molecule has 104 valence electrons. The Kier molecular flexibility index (Phi) is 3.58. The average molecular weight is 335 g/mol. The third-order valence-corrected chi connectivity index (χ3v) is 4.29. The summed E-state index contributed by atoms with van der Waals surface area (Å²) in [7, 11) is 0. The largest absolute Gasteiger partial charge is 0.347 e. The van der Waals surface area contributed by atoms with E-state index in [0.717, 1.165) is 46.5 Å². The highest BCUT2D eigenvalue weighted by Gasteiger charge is 2.16. The maximum atomic E-state index is 11.6. The number of aryl methyl sites for hydroxylation is 1. The number of hydrogen-bond donors (Lipinski definition) is 3. The van der Waals surface area contributed by atoms with Gasteiger partial charge in [-0.05, 0) is 30.7 Å². The van der Waals surface area contributed by atoms with E-state index in [9.17, 15) is 4.79 Å². The zero-order valence-corrected chi connectivity index (χ0v) is 12.7. The van der Waals surface area contributed by atoms with E-state index < -0.39 is 0 Å². The van der Waals surface area contributed by atoms with Gasteiger partial charge in [-0.15, -0.1) is 0 Å². The number of nitrogens with zero attached hydrogens (tertiary/aromatic N) is 1. The fourth-order valence-corrected chi connectivity index (χ4v) is 2.58. The number of nitrogens with one attached hydrogen (secondary N) is 3. The Morgan fingerprint density at radius 1 is 1.40 bits per heavy atom. The van der Waals surface area contributed by atoms with Crippen molar-refractivity contribution in [3.63, 3.8) is 0 Å². The standard InChI is InChI=1S/C14H15BrN4O/c1-8-6-9(2-3-11(8)15)17-13-10-7-16-5-4-12(10)18-14(20)19-13/h2-3,6,16H,4-5,7H2,1H3,(H2,17,18,19,20). The van der Waals surface area contributed by atoms with Gasteiger partial charge in [0, 0.05) is 40.9 Å². The Morgan fingerprint density at radius 2 is 2.25 bits per heavy atom. The third-order valence-electron chi connectivity index (χ3n) is 3.40. The zero-order valence-electron chi connectivity index (χ0n) is 11.1. The van der Waals surface area contributed by atoms with E-state index in [-0.39, 0.29) is 5.69 Å². The summed E-state index contributed by atoms with van der Waals surface area (Å²) >= 11 is 3.48. The van der Waals surface area contributed by atoms with Gasteiger partial charge in [-0.2, -0.15) is 4.98 Å². The number of benzene rings is 1. The highest BCUT2D eigenvalue weighted by atomic mass is 79.9. The number of halogens is 1.